The molecule has 2 aromatic heterocycles. The van der Waals surface area contributed by atoms with E-state index in [9.17, 15) is 14.7 Å². The summed E-state index contributed by atoms with van der Waals surface area (Å²) in [5.74, 6) is -0.119. The Kier molecular flexibility index (Phi) is 3.06. The predicted octanol–water partition coefficient (Wildman–Crippen LogP) is 1.71. The minimum Gasteiger partial charge on any atom is -0.507 e. The van der Waals surface area contributed by atoms with E-state index in [1.807, 2.05) is 0 Å². The molecule has 2 rings (SSSR count). The van der Waals surface area contributed by atoms with Crippen LogP contribution < -0.4 is 5.56 Å². The average Bonchev–Trinajstić information content (AvgIpc) is 2.75. The number of pyridine rings is 1. The van der Waals surface area contributed by atoms with Crippen molar-refractivity contribution in [2.45, 2.75) is 20.4 Å². The molecule has 0 saturated heterocycles. The first-order valence-corrected chi connectivity index (χ1v) is 5.47. The van der Waals surface area contributed by atoms with Crippen molar-refractivity contribution in [3.05, 3.63) is 51.8 Å². The minimum atomic E-state index is -0.503. The molecule has 0 bridgehead atoms. The molecule has 0 aromatic carbocycles. The smallest absolute Gasteiger partial charge is 0.265 e. The normalized spacial score (nSPS) is 10.6. The molecule has 2 heterocycles. The molecule has 2 aromatic rings. The van der Waals surface area contributed by atoms with Gasteiger partial charge in [0, 0.05) is 11.8 Å². The van der Waals surface area contributed by atoms with Gasteiger partial charge in [0.1, 0.15) is 17.1 Å². The summed E-state index contributed by atoms with van der Waals surface area (Å²) in [4.78, 5) is 23.5. The average molecular weight is 247 g/mol. The highest BCUT2D eigenvalue weighted by molar-refractivity contribution is 5.96. The highest BCUT2D eigenvalue weighted by Crippen LogP contribution is 2.16. The maximum absolute atomic E-state index is 12.1. The molecule has 0 aliphatic heterocycles. The molecule has 0 aliphatic carbocycles. The molecule has 5 nitrogen and oxygen atoms in total. The van der Waals surface area contributed by atoms with Crippen LogP contribution in [0.2, 0.25) is 0 Å². The van der Waals surface area contributed by atoms with Gasteiger partial charge < -0.3 is 14.1 Å². The van der Waals surface area contributed by atoms with E-state index in [4.69, 9.17) is 4.42 Å². The molecule has 5 heteroatoms. The number of rotatable bonds is 3. The van der Waals surface area contributed by atoms with E-state index in [2.05, 4.69) is 0 Å². The van der Waals surface area contributed by atoms with Gasteiger partial charge in [-0.15, -0.1) is 0 Å². The first-order valence-electron chi connectivity index (χ1n) is 5.47. The molecule has 0 unspecified atom stereocenters. The fraction of sp³-hybridized carbons (Fsp3) is 0.231. The SMILES string of the molecule is CC(=O)c1c(O)cc(C)n(Cc2ccco2)c1=O. The highest BCUT2D eigenvalue weighted by atomic mass is 16.3. The first kappa shape index (κ1) is 12.2. The number of furan rings is 1. The van der Waals surface area contributed by atoms with Gasteiger partial charge in [0.05, 0.1) is 12.8 Å². The standard InChI is InChI=1S/C13H13NO4/c1-8-6-11(16)12(9(2)15)13(17)14(8)7-10-4-3-5-18-10/h3-6,16H,7H2,1-2H3. The summed E-state index contributed by atoms with van der Waals surface area (Å²) in [5, 5.41) is 9.64. The van der Waals surface area contributed by atoms with E-state index >= 15 is 0 Å². The van der Waals surface area contributed by atoms with Gasteiger partial charge in [-0.3, -0.25) is 9.59 Å². The number of hydrogen-bond donors (Lipinski definition) is 1. The van der Waals surface area contributed by atoms with Crippen LogP contribution in [0.4, 0.5) is 0 Å². The van der Waals surface area contributed by atoms with Crippen molar-refractivity contribution in [3.63, 3.8) is 0 Å². The van der Waals surface area contributed by atoms with E-state index in [1.165, 1.54) is 23.8 Å². The van der Waals surface area contributed by atoms with Gasteiger partial charge >= 0.3 is 0 Å². The zero-order valence-electron chi connectivity index (χ0n) is 10.1. The highest BCUT2D eigenvalue weighted by Gasteiger charge is 2.16. The molecule has 0 spiro atoms. The van der Waals surface area contributed by atoms with E-state index in [1.54, 1.807) is 19.1 Å². The third kappa shape index (κ3) is 2.07. The summed E-state index contributed by atoms with van der Waals surface area (Å²) < 4.78 is 6.57. The van der Waals surface area contributed by atoms with Crippen molar-refractivity contribution in [3.8, 4) is 5.75 Å². The quantitative estimate of drug-likeness (QED) is 0.838. The Morgan fingerprint density at radius 1 is 1.50 bits per heavy atom. The summed E-state index contributed by atoms with van der Waals surface area (Å²) >= 11 is 0. The van der Waals surface area contributed by atoms with Gasteiger partial charge in [0.15, 0.2) is 5.78 Å². The number of ketones is 1. The fourth-order valence-electron chi connectivity index (χ4n) is 1.84. The number of carbonyl (C=O) groups is 1. The lowest BCUT2D eigenvalue weighted by Crippen LogP contribution is -2.27. The number of carbonyl (C=O) groups excluding carboxylic acids is 1. The van der Waals surface area contributed by atoms with Crippen LogP contribution in [-0.4, -0.2) is 15.5 Å². The number of aromatic nitrogens is 1. The lowest BCUT2D eigenvalue weighted by molar-refractivity contribution is 0.101. The fourth-order valence-corrected chi connectivity index (χ4v) is 1.84. The van der Waals surface area contributed by atoms with Gasteiger partial charge in [0.25, 0.3) is 5.56 Å². The third-order valence-corrected chi connectivity index (χ3v) is 2.73. The molecule has 94 valence electrons. The predicted molar refractivity (Wildman–Crippen MR) is 64.9 cm³/mol. The molecule has 0 saturated carbocycles. The second-order valence-corrected chi connectivity index (χ2v) is 4.07. The Hall–Kier alpha value is -2.30. The molecule has 0 radical (unpaired) electrons. The molecular formula is C13H13NO4. The van der Waals surface area contributed by atoms with Gasteiger partial charge in [-0.25, -0.2) is 0 Å². The number of aryl methyl sites for hydroxylation is 1. The number of Topliss-reactive ketones (excluding diaryl/α,β-unsaturated/α-hetero) is 1. The zero-order chi connectivity index (χ0) is 13.3. The van der Waals surface area contributed by atoms with Gasteiger partial charge in [-0.1, -0.05) is 0 Å². The van der Waals surface area contributed by atoms with Crippen LogP contribution in [0.3, 0.4) is 0 Å². The van der Waals surface area contributed by atoms with Crippen LogP contribution in [0.25, 0.3) is 0 Å². The monoisotopic (exact) mass is 247 g/mol. The van der Waals surface area contributed by atoms with Crippen LogP contribution >= 0.6 is 0 Å². The Morgan fingerprint density at radius 3 is 2.78 bits per heavy atom. The largest absolute Gasteiger partial charge is 0.507 e. The summed E-state index contributed by atoms with van der Waals surface area (Å²) in [7, 11) is 0. The van der Waals surface area contributed by atoms with E-state index in [0.29, 0.717) is 11.5 Å². The van der Waals surface area contributed by atoms with Crippen molar-refractivity contribution in [1.82, 2.24) is 4.57 Å². The minimum absolute atomic E-state index is 0.188. The molecule has 0 aliphatic rings. The lowest BCUT2D eigenvalue weighted by Gasteiger charge is -2.11. The van der Waals surface area contributed by atoms with E-state index in [0.717, 1.165) is 0 Å². The maximum atomic E-state index is 12.1. The number of aromatic hydroxyl groups is 1. The molecule has 0 atom stereocenters. The van der Waals surface area contributed by atoms with Gasteiger partial charge in [-0.2, -0.15) is 0 Å². The summed E-state index contributed by atoms with van der Waals surface area (Å²) in [5.41, 5.74) is -0.123. The van der Waals surface area contributed by atoms with Crippen molar-refractivity contribution >= 4 is 5.78 Å². The summed E-state index contributed by atoms with van der Waals surface area (Å²) in [6, 6.07) is 4.87. The van der Waals surface area contributed by atoms with Crippen LogP contribution in [0.1, 0.15) is 28.7 Å². The van der Waals surface area contributed by atoms with E-state index in [-0.39, 0.29) is 17.9 Å². The molecule has 1 N–H and O–H groups in total. The van der Waals surface area contributed by atoms with Crippen molar-refractivity contribution in [1.29, 1.82) is 0 Å². The Bertz CT molecular complexity index is 638. The molecule has 0 fully saturated rings. The first-order chi connectivity index (χ1) is 8.50. The van der Waals surface area contributed by atoms with Crippen molar-refractivity contribution in [2.75, 3.05) is 0 Å². The number of nitrogens with zero attached hydrogens (tertiary/aromatic N) is 1. The van der Waals surface area contributed by atoms with Crippen LogP contribution in [0.5, 0.6) is 5.75 Å². The summed E-state index contributed by atoms with van der Waals surface area (Å²) in [6.45, 7) is 3.18. The molecule has 0 amide bonds. The van der Waals surface area contributed by atoms with E-state index < -0.39 is 11.3 Å². The maximum Gasteiger partial charge on any atom is 0.265 e. The van der Waals surface area contributed by atoms with Gasteiger partial charge in [0.2, 0.25) is 0 Å². The Labute approximate surface area is 103 Å². The Morgan fingerprint density at radius 2 is 2.22 bits per heavy atom. The lowest BCUT2D eigenvalue weighted by atomic mass is 10.1. The van der Waals surface area contributed by atoms with Crippen LogP contribution in [0.15, 0.2) is 33.7 Å². The molecule has 18 heavy (non-hydrogen) atoms. The second-order valence-electron chi connectivity index (χ2n) is 4.07. The number of hydrogen-bond acceptors (Lipinski definition) is 4. The van der Waals surface area contributed by atoms with Gasteiger partial charge in [-0.05, 0) is 26.0 Å². The Balaban J connectivity index is 2.57. The van der Waals surface area contributed by atoms with Crippen molar-refractivity contribution < 1.29 is 14.3 Å². The van der Waals surface area contributed by atoms with Crippen LogP contribution in [-0.2, 0) is 6.54 Å². The summed E-state index contributed by atoms with van der Waals surface area (Å²) in [6.07, 6.45) is 1.52. The molecular weight excluding hydrogens is 234 g/mol. The topological polar surface area (TPSA) is 72.4 Å². The third-order valence-electron chi connectivity index (χ3n) is 2.73. The zero-order valence-corrected chi connectivity index (χ0v) is 10.1. The van der Waals surface area contributed by atoms with Crippen LogP contribution in [0, 0.1) is 6.92 Å². The van der Waals surface area contributed by atoms with Crippen molar-refractivity contribution in [2.24, 2.45) is 0 Å². The second kappa shape index (κ2) is 4.52.